The van der Waals surface area contributed by atoms with Crippen LogP contribution in [0.1, 0.15) is 29.3 Å². The summed E-state index contributed by atoms with van der Waals surface area (Å²) in [7, 11) is 0. The number of aryl methyl sites for hydroxylation is 1. The average molecular weight is 310 g/mol. The first-order valence-corrected chi connectivity index (χ1v) is 7.21. The highest BCUT2D eigenvalue weighted by Crippen LogP contribution is 2.15. The normalized spacial score (nSPS) is 10.0. The summed E-state index contributed by atoms with van der Waals surface area (Å²) in [5.74, 6) is -0.739. The highest BCUT2D eigenvalue weighted by Gasteiger charge is 2.07. The smallest absolute Gasteiger partial charge is 0.255 e. The topological polar surface area (TPSA) is 75.3 Å². The monoisotopic (exact) mass is 310 g/mol. The first-order valence-electron chi connectivity index (χ1n) is 7.21. The molecule has 0 aliphatic carbocycles. The molecule has 0 fully saturated rings. The molecule has 0 radical (unpaired) electrons. The second-order valence-electron chi connectivity index (χ2n) is 5.32. The van der Waals surface area contributed by atoms with E-state index >= 15 is 0 Å². The Hall–Kier alpha value is -2.95. The maximum absolute atomic E-state index is 12.1. The third-order valence-electron chi connectivity index (χ3n) is 3.15. The highest BCUT2D eigenvalue weighted by atomic mass is 16.2. The van der Waals surface area contributed by atoms with Gasteiger partial charge in [-0.05, 0) is 50.2 Å². The minimum absolute atomic E-state index is 0.147. The van der Waals surface area contributed by atoms with Crippen LogP contribution in [0.5, 0.6) is 0 Å². The van der Waals surface area contributed by atoms with Crippen molar-refractivity contribution in [3.05, 3.63) is 59.7 Å². The van der Waals surface area contributed by atoms with Crippen molar-refractivity contribution in [1.82, 2.24) is 0 Å². The minimum atomic E-state index is -0.353. The van der Waals surface area contributed by atoms with Crippen molar-refractivity contribution >= 4 is 29.0 Å². The van der Waals surface area contributed by atoms with Crippen molar-refractivity contribution in [2.24, 2.45) is 0 Å². The standard InChI is InChI=1S/C18H18N2O3/c1-12-3-5-14(6-4-12)18(23)20-16-9-7-15(8-10-16)19-17(22)11-13(2)21/h3-10H,11H2,1-2H3,(H,19,22)(H,20,23). The maximum atomic E-state index is 12.1. The lowest BCUT2D eigenvalue weighted by Gasteiger charge is -2.08. The van der Waals surface area contributed by atoms with E-state index in [-0.39, 0.29) is 24.0 Å². The fraction of sp³-hybridized carbons (Fsp3) is 0.167. The van der Waals surface area contributed by atoms with E-state index in [2.05, 4.69) is 10.6 Å². The van der Waals surface area contributed by atoms with Crippen LogP contribution in [0.25, 0.3) is 0 Å². The molecule has 2 amide bonds. The molecule has 5 heteroatoms. The van der Waals surface area contributed by atoms with Crippen LogP contribution in [0.15, 0.2) is 48.5 Å². The zero-order valence-electron chi connectivity index (χ0n) is 13.1. The summed E-state index contributed by atoms with van der Waals surface area (Å²) in [6.07, 6.45) is -0.147. The molecule has 0 aromatic heterocycles. The number of rotatable bonds is 5. The summed E-state index contributed by atoms with van der Waals surface area (Å²) in [5, 5.41) is 5.40. The van der Waals surface area contributed by atoms with E-state index in [0.29, 0.717) is 16.9 Å². The number of Topliss-reactive ketones (excluding diaryl/α,β-unsaturated/α-hetero) is 1. The van der Waals surface area contributed by atoms with Gasteiger partial charge in [0, 0.05) is 16.9 Å². The van der Waals surface area contributed by atoms with Crippen molar-refractivity contribution in [3.63, 3.8) is 0 Å². The van der Waals surface area contributed by atoms with Gasteiger partial charge < -0.3 is 10.6 Å². The van der Waals surface area contributed by atoms with Crippen LogP contribution < -0.4 is 10.6 Å². The molecule has 2 aromatic rings. The lowest BCUT2D eigenvalue weighted by atomic mass is 10.1. The molecule has 0 heterocycles. The summed E-state index contributed by atoms with van der Waals surface area (Å²) in [4.78, 5) is 34.5. The van der Waals surface area contributed by atoms with Crippen LogP contribution in [0.2, 0.25) is 0 Å². The maximum Gasteiger partial charge on any atom is 0.255 e. The van der Waals surface area contributed by atoms with E-state index in [4.69, 9.17) is 0 Å². The molecule has 5 nitrogen and oxygen atoms in total. The van der Waals surface area contributed by atoms with Gasteiger partial charge in [0.1, 0.15) is 5.78 Å². The van der Waals surface area contributed by atoms with E-state index in [1.54, 1.807) is 36.4 Å². The Balaban J connectivity index is 1.97. The first-order chi connectivity index (χ1) is 10.9. The van der Waals surface area contributed by atoms with Gasteiger partial charge in [-0.3, -0.25) is 14.4 Å². The molecule has 0 saturated carbocycles. The van der Waals surface area contributed by atoms with Crippen molar-refractivity contribution in [2.45, 2.75) is 20.3 Å². The van der Waals surface area contributed by atoms with Gasteiger partial charge in [0.2, 0.25) is 5.91 Å². The largest absolute Gasteiger partial charge is 0.326 e. The number of carbonyl (C=O) groups excluding carboxylic acids is 3. The Kier molecular flexibility index (Phi) is 5.25. The molecule has 0 spiro atoms. The van der Waals surface area contributed by atoms with E-state index < -0.39 is 0 Å². The van der Waals surface area contributed by atoms with Gasteiger partial charge in [-0.15, -0.1) is 0 Å². The van der Waals surface area contributed by atoms with E-state index in [9.17, 15) is 14.4 Å². The zero-order valence-corrected chi connectivity index (χ0v) is 13.1. The SMILES string of the molecule is CC(=O)CC(=O)Nc1ccc(NC(=O)c2ccc(C)cc2)cc1. The van der Waals surface area contributed by atoms with Crippen LogP contribution in [-0.2, 0) is 9.59 Å². The number of ketones is 1. The molecule has 0 saturated heterocycles. The molecule has 2 aromatic carbocycles. The lowest BCUT2D eigenvalue weighted by molar-refractivity contribution is -0.124. The van der Waals surface area contributed by atoms with Crippen LogP contribution in [0, 0.1) is 6.92 Å². The van der Waals surface area contributed by atoms with Gasteiger partial charge >= 0.3 is 0 Å². The Labute approximate surface area is 134 Å². The molecule has 0 bridgehead atoms. The van der Waals surface area contributed by atoms with Crippen molar-refractivity contribution in [1.29, 1.82) is 0 Å². The van der Waals surface area contributed by atoms with Gasteiger partial charge in [-0.2, -0.15) is 0 Å². The highest BCUT2D eigenvalue weighted by molar-refractivity contribution is 6.05. The number of anilines is 2. The Morgan fingerprint density at radius 2 is 1.35 bits per heavy atom. The van der Waals surface area contributed by atoms with Crippen LogP contribution in [-0.4, -0.2) is 17.6 Å². The average Bonchev–Trinajstić information content (AvgIpc) is 2.49. The molecule has 0 aliphatic rings. The van der Waals surface area contributed by atoms with Crippen molar-refractivity contribution < 1.29 is 14.4 Å². The lowest BCUT2D eigenvalue weighted by Crippen LogP contribution is -2.15. The Morgan fingerprint density at radius 3 is 1.87 bits per heavy atom. The fourth-order valence-electron chi connectivity index (χ4n) is 1.98. The molecule has 23 heavy (non-hydrogen) atoms. The summed E-state index contributed by atoms with van der Waals surface area (Å²) < 4.78 is 0. The molecule has 0 aliphatic heterocycles. The molecule has 0 atom stereocenters. The third-order valence-corrected chi connectivity index (χ3v) is 3.15. The molecule has 2 N–H and O–H groups in total. The second kappa shape index (κ2) is 7.35. The van der Waals surface area contributed by atoms with Crippen molar-refractivity contribution in [3.8, 4) is 0 Å². The third kappa shape index (κ3) is 5.07. The predicted octanol–water partition coefficient (Wildman–Crippen LogP) is 3.16. The molecular formula is C18H18N2O3. The number of amides is 2. The number of hydrogen-bond donors (Lipinski definition) is 2. The van der Waals surface area contributed by atoms with Crippen LogP contribution in [0.4, 0.5) is 11.4 Å². The second-order valence-corrected chi connectivity index (χ2v) is 5.32. The summed E-state index contributed by atoms with van der Waals surface area (Å²) in [5.41, 5.74) is 2.87. The van der Waals surface area contributed by atoms with E-state index in [1.165, 1.54) is 6.92 Å². The van der Waals surface area contributed by atoms with Gasteiger partial charge in [-0.25, -0.2) is 0 Å². The molecule has 0 unspecified atom stereocenters. The summed E-state index contributed by atoms with van der Waals surface area (Å²) in [6, 6.07) is 14.0. The molecular weight excluding hydrogens is 292 g/mol. The molecule has 2 rings (SSSR count). The van der Waals surface area contributed by atoms with Gasteiger partial charge in [-0.1, -0.05) is 17.7 Å². The summed E-state index contributed by atoms with van der Waals surface area (Å²) in [6.45, 7) is 3.32. The van der Waals surface area contributed by atoms with E-state index in [0.717, 1.165) is 5.56 Å². The predicted molar refractivity (Wildman–Crippen MR) is 89.5 cm³/mol. The van der Waals surface area contributed by atoms with Gasteiger partial charge in [0.05, 0.1) is 6.42 Å². The summed E-state index contributed by atoms with van der Waals surface area (Å²) >= 11 is 0. The van der Waals surface area contributed by atoms with E-state index in [1.807, 2.05) is 19.1 Å². The quantitative estimate of drug-likeness (QED) is 0.833. The minimum Gasteiger partial charge on any atom is -0.326 e. The van der Waals surface area contributed by atoms with Gasteiger partial charge in [0.15, 0.2) is 0 Å². The first kappa shape index (κ1) is 16.4. The Morgan fingerprint density at radius 1 is 0.826 bits per heavy atom. The van der Waals surface area contributed by atoms with Gasteiger partial charge in [0.25, 0.3) is 5.91 Å². The number of carbonyl (C=O) groups is 3. The van der Waals surface area contributed by atoms with Crippen LogP contribution in [0.3, 0.4) is 0 Å². The number of hydrogen-bond acceptors (Lipinski definition) is 3. The van der Waals surface area contributed by atoms with Crippen LogP contribution >= 0.6 is 0 Å². The number of benzene rings is 2. The Bertz CT molecular complexity index is 719. The van der Waals surface area contributed by atoms with Crippen molar-refractivity contribution in [2.75, 3.05) is 10.6 Å². The zero-order chi connectivity index (χ0) is 16.8. The fourth-order valence-corrected chi connectivity index (χ4v) is 1.98. The number of nitrogens with one attached hydrogen (secondary N) is 2. The molecule has 118 valence electrons.